The van der Waals surface area contributed by atoms with Gasteiger partial charge in [-0.05, 0) is 47.9 Å². The molecule has 2 aromatic heterocycles. The Hall–Kier alpha value is -3.16. The van der Waals surface area contributed by atoms with E-state index in [9.17, 15) is 27.9 Å². The number of fused-ring (bicyclic) bond motifs is 1. The van der Waals surface area contributed by atoms with Crippen molar-refractivity contribution in [2.45, 2.75) is 25.9 Å². The number of pyridine rings is 1. The fourth-order valence-electron chi connectivity index (χ4n) is 2.89. The summed E-state index contributed by atoms with van der Waals surface area (Å²) in [5.41, 5.74) is 0.0776. The van der Waals surface area contributed by atoms with Crippen LogP contribution in [0.4, 0.5) is 13.2 Å². The van der Waals surface area contributed by atoms with Crippen molar-refractivity contribution in [3.05, 3.63) is 64.6 Å². The summed E-state index contributed by atoms with van der Waals surface area (Å²) in [7, 11) is 0. The topological polar surface area (TPSA) is 85.9 Å². The minimum absolute atomic E-state index is 0.0176. The summed E-state index contributed by atoms with van der Waals surface area (Å²) in [6.07, 6.45) is -3.17. The van der Waals surface area contributed by atoms with Crippen molar-refractivity contribution in [2.24, 2.45) is 0 Å². The Balaban J connectivity index is 2.19. The molecule has 8 heteroatoms. The van der Waals surface area contributed by atoms with Gasteiger partial charge in [0.2, 0.25) is 5.78 Å². The van der Waals surface area contributed by atoms with E-state index < -0.39 is 29.9 Å². The number of aliphatic carboxylic acids is 1. The number of hydrogen-bond acceptors (Lipinski definition) is 4. The Morgan fingerprint density at radius 1 is 1.19 bits per heavy atom. The van der Waals surface area contributed by atoms with Gasteiger partial charge in [0.1, 0.15) is 5.69 Å². The average molecular weight is 375 g/mol. The molecule has 0 aliphatic carbocycles. The van der Waals surface area contributed by atoms with Crippen molar-refractivity contribution >= 4 is 22.7 Å². The highest BCUT2D eigenvalue weighted by Crippen LogP contribution is 2.33. The number of rotatable bonds is 5. The number of carboxylic acids is 1. The molecule has 0 bridgehead atoms. The molecule has 0 atom stereocenters. The Morgan fingerprint density at radius 3 is 2.56 bits per heavy atom. The van der Waals surface area contributed by atoms with E-state index in [0.29, 0.717) is 6.42 Å². The Labute approximate surface area is 151 Å². The van der Waals surface area contributed by atoms with E-state index in [1.54, 1.807) is 12.1 Å². The van der Waals surface area contributed by atoms with Gasteiger partial charge in [0.25, 0.3) is 0 Å². The van der Waals surface area contributed by atoms with Crippen molar-refractivity contribution in [1.29, 1.82) is 0 Å². The summed E-state index contributed by atoms with van der Waals surface area (Å²) in [5.74, 6) is -2.09. The number of carboxylic acid groups (broad SMARTS) is 1. The van der Waals surface area contributed by atoms with Crippen LogP contribution >= 0.6 is 0 Å². The van der Waals surface area contributed by atoms with E-state index in [0.717, 1.165) is 17.7 Å². The van der Waals surface area contributed by atoms with E-state index in [1.807, 2.05) is 6.92 Å². The second-order valence-electron chi connectivity index (χ2n) is 6.02. The zero-order chi connectivity index (χ0) is 19.8. The van der Waals surface area contributed by atoms with Gasteiger partial charge in [-0.1, -0.05) is 6.92 Å². The number of H-pyrrole nitrogens is 1. The number of aromatic amines is 1. The number of carbonyl (C=O) groups excluding carboxylic acids is 2. The number of ketones is 1. The van der Waals surface area contributed by atoms with E-state index in [2.05, 4.69) is 9.97 Å². The summed E-state index contributed by atoms with van der Waals surface area (Å²) in [6.45, 7) is 1.90. The van der Waals surface area contributed by atoms with Crippen molar-refractivity contribution in [3.63, 3.8) is 0 Å². The third-order valence-corrected chi connectivity index (χ3v) is 4.25. The number of hydrogen-bond donors (Lipinski definition) is 1. The van der Waals surface area contributed by atoms with Crippen LogP contribution in [0.25, 0.3) is 10.9 Å². The Kier molecular flexibility index (Phi) is 4.73. The molecule has 140 valence electrons. The number of nitrogens with one attached hydrogen (secondary N) is 1. The molecule has 3 aromatic rings. The molecule has 2 heterocycles. The molecule has 0 saturated carbocycles. The van der Waals surface area contributed by atoms with Gasteiger partial charge in [-0.2, -0.15) is 13.2 Å². The maximum Gasteiger partial charge on any atom is 0.416 e. The van der Waals surface area contributed by atoms with Crippen molar-refractivity contribution in [2.75, 3.05) is 0 Å². The van der Waals surface area contributed by atoms with Crippen molar-refractivity contribution in [3.8, 4) is 0 Å². The molecule has 0 aliphatic heterocycles. The Morgan fingerprint density at radius 2 is 1.93 bits per heavy atom. The van der Waals surface area contributed by atoms with Gasteiger partial charge in [-0.15, -0.1) is 0 Å². The minimum Gasteiger partial charge on any atom is -0.550 e. The summed E-state index contributed by atoms with van der Waals surface area (Å²) >= 11 is 0. The molecule has 1 N–H and O–H groups in total. The van der Waals surface area contributed by atoms with Gasteiger partial charge < -0.3 is 14.9 Å². The molecule has 0 amide bonds. The van der Waals surface area contributed by atoms with E-state index >= 15 is 0 Å². The van der Waals surface area contributed by atoms with Crippen LogP contribution in [0.2, 0.25) is 0 Å². The maximum atomic E-state index is 13.0. The van der Waals surface area contributed by atoms with Crippen LogP contribution in [0.5, 0.6) is 0 Å². The van der Waals surface area contributed by atoms with Crippen LogP contribution in [0, 0.1) is 0 Å². The maximum absolute atomic E-state index is 13.0. The van der Waals surface area contributed by atoms with Crippen molar-refractivity contribution in [1.82, 2.24) is 9.97 Å². The number of nitrogens with zero attached hydrogens (tertiary/aromatic N) is 1. The van der Waals surface area contributed by atoms with Gasteiger partial charge in [-0.25, -0.2) is 0 Å². The summed E-state index contributed by atoms with van der Waals surface area (Å²) in [4.78, 5) is 30.7. The fraction of sp³-hybridized carbons (Fsp3) is 0.211. The molecule has 5 nitrogen and oxygen atoms in total. The molecule has 0 fully saturated rings. The molecule has 3 rings (SSSR count). The SMILES string of the molecule is CCc1ccnc(C(=O)c2[nH]c3ccc(C(F)(F)F)cc3c2CC(=O)[O-])c1. The lowest BCUT2D eigenvalue weighted by Gasteiger charge is -2.08. The fourth-order valence-corrected chi connectivity index (χ4v) is 2.89. The third kappa shape index (κ3) is 3.69. The smallest absolute Gasteiger partial charge is 0.416 e. The molecule has 0 unspecified atom stereocenters. The van der Waals surface area contributed by atoms with Gasteiger partial charge in [0, 0.05) is 29.5 Å². The number of benzene rings is 1. The lowest BCUT2D eigenvalue weighted by Crippen LogP contribution is -2.25. The molecule has 1 aromatic carbocycles. The second-order valence-corrected chi connectivity index (χ2v) is 6.02. The summed E-state index contributed by atoms with van der Waals surface area (Å²) < 4.78 is 39.0. The number of carbonyl (C=O) groups is 2. The molecule has 0 saturated heterocycles. The second kappa shape index (κ2) is 6.86. The quantitative estimate of drug-likeness (QED) is 0.695. The minimum atomic E-state index is -4.59. The zero-order valence-corrected chi connectivity index (χ0v) is 14.2. The average Bonchev–Trinajstić information content (AvgIpc) is 2.97. The number of halogens is 3. The predicted molar refractivity (Wildman–Crippen MR) is 89.1 cm³/mol. The lowest BCUT2D eigenvalue weighted by atomic mass is 10.0. The predicted octanol–water partition coefficient (Wildman–Crippen LogP) is 2.67. The first-order valence-corrected chi connectivity index (χ1v) is 8.12. The van der Waals surface area contributed by atoms with E-state index in [4.69, 9.17) is 0 Å². The van der Waals surface area contributed by atoms with Crippen LogP contribution in [-0.2, 0) is 23.8 Å². The largest absolute Gasteiger partial charge is 0.550 e. The van der Waals surface area contributed by atoms with Crippen molar-refractivity contribution < 1.29 is 27.9 Å². The van der Waals surface area contributed by atoms with Gasteiger partial charge in [-0.3, -0.25) is 9.78 Å². The molecular formula is C19H14F3N2O3-. The highest BCUT2D eigenvalue weighted by Gasteiger charge is 2.31. The zero-order valence-electron chi connectivity index (χ0n) is 14.2. The normalized spacial score (nSPS) is 11.7. The molecule has 27 heavy (non-hydrogen) atoms. The lowest BCUT2D eigenvalue weighted by molar-refractivity contribution is -0.304. The van der Waals surface area contributed by atoms with Crippen LogP contribution in [0.1, 0.15) is 39.8 Å². The van der Waals surface area contributed by atoms with Crippen LogP contribution < -0.4 is 5.11 Å². The third-order valence-electron chi connectivity index (χ3n) is 4.25. The standard InChI is InChI=1S/C19H15F3N2O3/c1-2-10-5-6-23-15(7-10)18(27)17-13(9-16(25)26)12-8-11(19(20,21)22)3-4-14(12)24-17/h3-8,24H,2,9H2,1H3,(H,25,26)/p-1. The monoisotopic (exact) mass is 375 g/mol. The van der Waals surface area contributed by atoms with E-state index in [-0.39, 0.29) is 27.9 Å². The van der Waals surface area contributed by atoms with Gasteiger partial charge in [0.05, 0.1) is 11.3 Å². The Bertz CT molecular complexity index is 1040. The van der Waals surface area contributed by atoms with Crippen LogP contribution in [0.15, 0.2) is 36.5 Å². The van der Waals surface area contributed by atoms with Crippen LogP contribution in [0.3, 0.4) is 0 Å². The number of alkyl halides is 3. The highest BCUT2D eigenvalue weighted by atomic mass is 19.4. The highest BCUT2D eigenvalue weighted by molar-refractivity contribution is 6.11. The molecule has 0 radical (unpaired) electrons. The first kappa shape index (κ1) is 18.6. The molecular weight excluding hydrogens is 361 g/mol. The first-order chi connectivity index (χ1) is 12.7. The summed E-state index contributed by atoms with van der Waals surface area (Å²) in [5, 5.41) is 11.1. The number of aromatic nitrogens is 2. The van der Waals surface area contributed by atoms with E-state index in [1.165, 1.54) is 12.3 Å². The first-order valence-electron chi connectivity index (χ1n) is 8.12. The van der Waals surface area contributed by atoms with Gasteiger partial charge >= 0.3 is 6.18 Å². The molecule has 0 aliphatic rings. The van der Waals surface area contributed by atoms with Crippen LogP contribution in [-0.4, -0.2) is 21.7 Å². The van der Waals surface area contributed by atoms with Gasteiger partial charge in [0.15, 0.2) is 0 Å². The summed E-state index contributed by atoms with van der Waals surface area (Å²) in [6, 6.07) is 6.17. The molecule has 0 spiro atoms. The number of aryl methyl sites for hydroxylation is 1.